The van der Waals surface area contributed by atoms with Crippen LogP contribution in [0.3, 0.4) is 0 Å². The third-order valence-electron chi connectivity index (χ3n) is 2.94. The highest BCUT2D eigenvalue weighted by atomic mass is 16.5. The summed E-state index contributed by atoms with van der Waals surface area (Å²) < 4.78 is 5.27. The molecule has 19 heavy (non-hydrogen) atoms. The Kier molecular flexibility index (Phi) is 4.36. The van der Waals surface area contributed by atoms with Gasteiger partial charge in [-0.15, -0.1) is 0 Å². The monoisotopic (exact) mass is 258 g/mol. The van der Waals surface area contributed by atoms with Crippen molar-refractivity contribution in [2.24, 2.45) is 0 Å². The van der Waals surface area contributed by atoms with Crippen LogP contribution in [0, 0.1) is 6.92 Å². The van der Waals surface area contributed by atoms with E-state index in [1.807, 2.05) is 43.3 Å². The maximum atomic E-state index is 9.55. The van der Waals surface area contributed by atoms with Crippen LogP contribution in [-0.2, 0) is 0 Å². The van der Waals surface area contributed by atoms with Crippen LogP contribution in [0.5, 0.6) is 5.75 Å². The van der Waals surface area contributed by atoms with Crippen molar-refractivity contribution >= 4 is 5.69 Å². The molecule has 0 fully saturated rings. The average molecular weight is 258 g/mol. The molecule has 0 saturated heterocycles. The molecule has 0 saturated carbocycles. The van der Waals surface area contributed by atoms with Crippen molar-refractivity contribution in [1.29, 1.82) is 0 Å². The van der Waals surface area contributed by atoms with E-state index in [4.69, 9.17) is 4.74 Å². The summed E-state index contributed by atoms with van der Waals surface area (Å²) >= 11 is 0. The number of pyridine rings is 1. The van der Waals surface area contributed by atoms with Gasteiger partial charge in [0.15, 0.2) is 5.75 Å². The second kappa shape index (κ2) is 6.20. The Labute approximate surface area is 113 Å². The van der Waals surface area contributed by atoms with Gasteiger partial charge >= 0.3 is 0 Å². The highest BCUT2D eigenvalue weighted by Gasteiger charge is 2.12. The van der Waals surface area contributed by atoms with Gasteiger partial charge < -0.3 is 15.2 Å². The number of nitrogens with zero attached hydrogens (tertiary/aromatic N) is 1. The lowest BCUT2D eigenvalue weighted by atomic mass is 10.1. The first-order chi connectivity index (χ1) is 9.24. The maximum Gasteiger partial charge on any atom is 0.160 e. The summed E-state index contributed by atoms with van der Waals surface area (Å²) in [4.78, 5) is 4.19. The van der Waals surface area contributed by atoms with Crippen molar-refractivity contribution in [3.63, 3.8) is 0 Å². The Balaban J connectivity index is 2.26. The molecular formula is C15H18N2O2. The number of aromatic nitrogens is 1. The van der Waals surface area contributed by atoms with Gasteiger partial charge in [-0.25, -0.2) is 0 Å². The van der Waals surface area contributed by atoms with Gasteiger partial charge in [0.05, 0.1) is 31.6 Å². The minimum Gasteiger partial charge on any atom is -0.493 e. The van der Waals surface area contributed by atoms with Gasteiger partial charge in [0.25, 0.3) is 0 Å². The number of rotatable bonds is 5. The molecule has 2 N–H and O–H groups in total. The van der Waals surface area contributed by atoms with E-state index in [0.717, 1.165) is 16.9 Å². The van der Waals surface area contributed by atoms with Gasteiger partial charge in [0, 0.05) is 5.69 Å². The summed E-state index contributed by atoms with van der Waals surface area (Å²) in [5, 5.41) is 12.8. The van der Waals surface area contributed by atoms with Gasteiger partial charge in [-0.1, -0.05) is 30.3 Å². The quantitative estimate of drug-likeness (QED) is 0.865. The molecule has 0 amide bonds. The molecule has 0 bridgehead atoms. The van der Waals surface area contributed by atoms with Gasteiger partial charge in [-0.2, -0.15) is 0 Å². The number of methoxy groups -OCH3 is 1. The number of nitrogens with one attached hydrogen (secondary N) is 1. The molecule has 1 aromatic carbocycles. The Hall–Kier alpha value is -2.07. The first kappa shape index (κ1) is 13.4. The second-order valence-electron chi connectivity index (χ2n) is 4.32. The molecule has 1 unspecified atom stereocenters. The molecule has 0 aliphatic heterocycles. The minimum absolute atomic E-state index is 0.00847. The van der Waals surface area contributed by atoms with E-state index in [9.17, 15) is 5.11 Å². The second-order valence-corrected chi connectivity index (χ2v) is 4.32. The molecule has 4 nitrogen and oxygen atoms in total. The van der Waals surface area contributed by atoms with Crippen LogP contribution in [0.2, 0.25) is 0 Å². The zero-order valence-corrected chi connectivity index (χ0v) is 11.1. The topological polar surface area (TPSA) is 54.4 Å². The van der Waals surface area contributed by atoms with E-state index in [-0.39, 0.29) is 12.6 Å². The third-order valence-corrected chi connectivity index (χ3v) is 2.94. The molecule has 4 heteroatoms. The van der Waals surface area contributed by atoms with Gasteiger partial charge in [0.1, 0.15) is 0 Å². The molecule has 0 radical (unpaired) electrons. The summed E-state index contributed by atoms with van der Waals surface area (Å²) in [6.45, 7) is 1.93. The lowest BCUT2D eigenvalue weighted by Gasteiger charge is -2.20. The average Bonchev–Trinajstić information content (AvgIpc) is 2.46. The molecule has 1 heterocycles. The van der Waals surface area contributed by atoms with E-state index in [1.165, 1.54) is 0 Å². The summed E-state index contributed by atoms with van der Waals surface area (Å²) in [7, 11) is 1.61. The predicted molar refractivity (Wildman–Crippen MR) is 75.4 cm³/mol. The number of aliphatic hydroxyl groups excluding tert-OH is 1. The molecule has 2 aromatic rings. The Morgan fingerprint density at radius 1 is 1.32 bits per heavy atom. The number of ether oxygens (including phenoxy) is 1. The van der Waals surface area contributed by atoms with Crippen LogP contribution in [0.4, 0.5) is 5.69 Å². The lowest BCUT2D eigenvalue weighted by molar-refractivity contribution is 0.276. The van der Waals surface area contributed by atoms with Crippen molar-refractivity contribution in [2.75, 3.05) is 19.0 Å². The molecule has 0 spiro atoms. The Morgan fingerprint density at radius 3 is 2.68 bits per heavy atom. The van der Waals surface area contributed by atoms with Crippen LogP contribution in [0.25, 0.3) is 0 Å². The van der Waals surface area contributed by atoms with E-state index < -0.39 is 0 Å². The van der Waals surface area contributed by atoms with Crippen LogP contribution < -0.4 is 10.1 Å². The largest absolute Gasteiger partial charge is 0.493 e. The van der Waals surface area contributed by atoms with Crippen molar-refractivity contribution in [1.82, 2.24) is 4.98 Å². The van der Waals surface area contributed by atoms with Crippen molar-refractivity contribution < 1.29 is 9.84 Å². The SMILES string of the molecule is COc1cnc(C)cc1NC(CO)c1ccccc1. The molecule has 2 rings (SSSR count). The van der Waals surface area contributed by atoms with Gasteiger partial charge in [-0.3, -0.25) is 4.98 Å². The minimum atomic E-state index is -0.170. The molecule has 1 atom stereocenters. The first-order valence-electron chi connectivity index (χ1n) is 6.17. The number of hydrogen-bond donors (Lipinski definition) is 2. The standard InChI is InChI=1S/C15H18N2O2/c1-11-8-13(15(19-2)9-16-11)17-14(10-18)12-6-4-3-5-7-12/h3-9,14,18H,10H2,1-2H3,(H,16,17). The number of benzene rings is 1. The van der Waals surface area contributed by atoms with E-state index in [2.05, 4.69) is 10.3 Å². The summed E-state index contributed by atoms with van der Waals surface area (Å²) in [6, 6.07) is 11.6. The van der Waals surface area contributed by atoms with Crippen LogP contribution in [0.1, 0.15) is 17.3 Å². The van der Waals surface area contributed by atoms with Crippen LogP contribution in [0.15, 0.2) is 42.6 Å². The maximum absolute atomic E-state index is 9.55. The predicted octanol–water partition coefficient (Wildman–Crippen LogP) is 2.54. The van der Waals surface area contributed by atoms with Crippen LogP contribution in [-0.4, -0.2) is 23.8 Å². The number of anilines is 1. The summed E-state index contributed by atoms with van der Waals surface area (Å²) in [6.07, 6.45) is 1.68. The molecule has 100 valence electrons. The van der Waals surface area contributed by atoms with Crippen molar-refractivity contribution in [2.45, 2.75) is 13.0 Å². The third kappa shape index (κ3) is 3.23. The zero-order chi connectivity index (χ0) is 13.7. The summed E-state index contributed by atoms with van der Waals surface area (Å²) in [5.41, 5.74) is 2.76. The van der Waals surface area contributed by atoms with E-state index >= 15 is 0 Å². The molecular weight excluding hydrogens is 240 g/mol. The number of aliphatic hydroxyl groups is 1. The molecule has 0 aliphatic carbocycles. The number of hydrogen-bond acceptors (Lipinski definition) is 4. The van der Waals surface area contributed by atoms with Gasteiger partial charge in [-0.05, 0) is 18.6 Å². The molecule has 0 aliphatic rings. The highest BCUT2D eigenvalue weighted by molar-refractivity contribution is 5.57. The van der Waals surface area contributed by atoms with Crippen molar-refractivity contribution in [3.05, 3.63) is 53.9 Å². The van der Waals surface area contributed by atoms with Crippen molar-refractivity contribution in [3.8, 4) is 5.75 Å². The highest BCUT2D eigenvalue weighted by Crippen LogP contribution is 2.27. The lowest BCUT2D eigenvalue weighted by Crippen LogP contribution is -2.15. The summed E-state index contributed by atoms with van der Waals surface area (Å²) in [5.74, 6) is 0.667. The Morgan fingerprint density at radius 2 is 2.05 bits per heavy atom. The number of aryl methyl sites for hydroxylation is 1. The normalized spacial score (nSPS) is 11.9. The van der Waals surface area contributed by atoms with E-state index in [1.54, 1.807) is 13.3 Å². The first-order valence-corrected chi connectivity index (χ1v) is 6.17. The van der Waals surface area contributed by atoms with Crippen LogP contribution >= 0.6 is 0 Å². The fourth-order valence-corrected chi connectivity index (χ4v) is 1.93. The van der Waals surface area contributed by atoms with E-state index in [0.29, 0.717) is 5.75 Å². The zero-order valence-electron chi connectivity index (χ0n) is 11.1. The smallest absolute Gasteiger partial charge is 0.160 e. The molecule has 1 aromatic heterocycles. The van der Waals surface area contributed by atoms with Gasteiger partial charge in [0.2, 0.25) is 0 Å². The fraction of sp³-hybridized carbons (Fsp3) is 0.267. The fourth-order valence-electron chi connectivity index (χ4n) is 1.93. The Bertz CT molecular complexity index is 529.